The van der Waals surface area contributed by atoms with Gasteiger partial charge in [-0.05, 0) is 51.1 Å². The maximum Gasteiger partial charge on any atom is 0.0991 e. The molecule has 0 amide bonds. The Kier molecular flexibility index (Phi) is 3.90. The summed E-state index contributed by atoms with van der Waals surface area (Å²) in [6.45, 7) is 4.27. The van der Waals surface area contributed by atoms with E-state index in [0.717, 1.165) is 16.5 Å². The van der Waals surface area contributed by atoms with Gasteiger partial charge in [-0.25, -0.2) is 0 Å². The molecule has 0 saturated carbocycles. The SMILES string of the molecule is CNC(C)(C)Cc1cc(C#N)ccc1Br. The highest BCUT2D eigenvalue weighted by Crippen LogP contribution is 2.22. The lowest BCUT2D eigenvalue weighted by Gasteiger charge is -2.24. The van der Waals surface area contributed by atoms with Crippen LogP contribution in [0.5, 0.6) is 0 Å². The molecule has 0 aliphatic carbocycles. The third-order valence-corrected chi connectivity index (χ3v) is 3.26. The van der Waals surface area contributed by atoms with Gasteiger partial charge >= 0.3 is 0 Å². The van der Waals surface area contributed by atoms with Crippen LogP contribution in [0.3, 0.4) is 0 Å². The molecule has 0 atom stereocenters. The third-order valence-electron chi connectivity index (χ3n) is 2.48. The van der Waals surface area contributed by atoms with E-state index in [1.54, 1.807) is 0 Å². The van der Waals surface area contributed by atoms with Crippen molar-refractivity contribution >= 4 is 15.9 Å². The molecular weight excluding hydrogens is 252 g/mol. The monoisotopic (exact) mass is 266 g/mol. The first-order chi connectivity index (χ1) is 6.98. The summed E-state index contributed by atoms with van der Waals surface area (Å²) in [7, 11) is 1.95. The van der Waals surface area contributed by atoms with Crippen LogP contribution in [0.25, 0.3) is 0 Å². The van der Waals surface area contributed by atoms with Crippen molar-refractivity contribution in [3.05, 3.63) is 33.8 Å². The lowest BCUT2D eigenvalue weighted by molar-refractivity contribution is 0.421. The van der Waals surface area contributed by atoms with E-state index in [2.05, 4.69) is 41.2 Å². The van der Waals surface area contributed by atoms with Crippen molar-refractivity contribution in [2.75, 3.05) is 7.05 Å². The molecule has 1 N–H and O–H groups in total. The molecule has 1 aromatic carbocycles. The first-order valence-electron chi connectivity index (χ1n) is 4.86. The van der Waals surface area contributed by atoms with E-state index in [9.17, 15) is 0 Å². The molecule has 0 unspecified atom stereocenters. The molecule has 0 saturated heterocycles. The van der Waals surface area contributed by atoms with Crippen LogP contribution in [0.1, 0.15) is 25.0 Å². The van der Waals surface area contributed by atoms with Gasteiger partial charge in [0.25, 0.3) is 0 Å². The van der Waals surface area contributed by atoms with Crippen LogP contribution in [-0.4, -0.2) is 12.6 Å². The largest absolute Gasteiger partial charge is 0.314 e. The first kappa shape index (κ1) is 12.2. The summed E-state index contributed by atoms with van der Waals surface area (Å²) in [5.41, 5.74) is 1.91. The molecule has 0 bridgehead atoms. The Morgan fingerprint density at radius 2 is 2.13 bits per heavy atom. The summed E-state index contributed by atoms with van der Waals surface area (Å²) in [5.74, 6) is 0. The molecule has 1 rings (SSSR count). The second-order valence-electron chi connectivity index (χ2n) is 4.23. The average Bonchev–Trinajstić information content (AvgIpc) is 2.21. The minimum atomic E-state index is 0.0383. The van der Waals surface area contributed by atoms with Crippen molar-refractivity contribution in [2.24, 2.45) is 0 Å². The van der Waals surface area contributed by atoms with E-state index in [1.165, 1.54) is 0 Å². The number of hydrogen-bond acceptors (Lipinski definition) is 2. The van der Waals surface area contributed by atoms with E-state index in [1.807, 2.05) is 25.2 Å². The summed E-state index contributed by atoms with van der Waals surface area (Å²) >= 11 is 3.50. The second-order valence-corrected chi connectivity index (χ2v) is 5.08. The Labute approximate surface area is 99.4 Å². The Hall–Kier alpha value is -0.850. The number of nitrogens with zero attached hydrogens (tertiary/aromatic N) is 1. The molecule has 0 spiro atoms. The number of rotatable bonds is 3. The molecule has 0 radical (unpaired) electrons. The van der Waals surface area contributed by atoms with Crippen LogP contribution in [-0.2, 0) is 6.42 Å². The lowest BCUT2D eigenvalue weighted by atomic mass is 9.94. The van der Waals surface area contributed by atoms with E-state index in [-0.39, 0.29) is 5.54 Å². The van der Waals surface area contributed by atoms with Gasteiger partial charge in [0.1, 0.15) is 0 Å². The Morgan fingerprint density at radius 1 is 1.47 bits per heavy atom. The predicted molar refractivity (Wildman–Crippen MR) is 65.7 cm³/mol. The van der Waals surface area contributed by atoms with Crippen LogP contribution in [0.4, 0.5) is 0 Å². The van der Waals surface area contributed by atoms with Crippen LogP contribution >= 0.6 is 15.9 Å². The molecule has 1 aromatic rings. The number of nitrogens with one attached hydrogen (secondary N) is 1. The van der Waals surface area contributed by atoms with Crippen molar-refractivity contribution in [3.8, 4) is 6.07 Å². The highest BCUT2D eigenvalue weighted by Gasteiger charge is 2.17. The quantitative estimate of drug-likeness (QED) is 0.914. The fourth-order valence-electron chi connectivity index (χ4n) is 1.34. The van der Waals surface area contributed by atoms with Crippen LogP contribution in [0.15, 0.2) is 22.7 Å². The minimum Gasteiger partial charge on any atom is -0.314 e. The maximum atomic E-state index is 8.83. The van der Waals surface area contributed by atoms with Crippen LogP contribution < -0.4 is 5.32 Å². The molecule has 0 aromatic heterocycles. The molecule has 0 fully saturated rings. The molecule has 15 heavy (non-hydrogen) atoms. The van der Waals surface area contributed by atoms with Gasteiger partial charge in [0, 0.05) is 10.0 Å². The van der Waals surface area contributed by atoms with Gasteiger partial charge in [-0.15, -0.1) is 0 Å². The molecular formula is C12H15BrN2. The topological polar surface area (TPSA) is 35.8 Å². The molecule has 0 aliphatic heterocycles. The minimum absolute atomic E-state index is 0.0383. The van der Waals surface area contributed by atoms with E-state index >= 15 is 0 Å². The van der Waals surface area contributed by atoms with Gasteiger partial charge in [-0.3, -0.25) is 0 Å². The highest BCUT2D eigenvalue weighted by molar-refractivity contribution is 9.10. The first-order valence-corrected chi connectivity index (χ1v) is 5.65. The van der Waals surface area contributed by atoms with Crippen molar-refractivity contribution in [1.29, 1.82) is 5.26 Å². The molecule has 80 valence electrons. The van der Waals surface area contributed by atoms with E-state index in [0.29, 0.717) is 5.56 Å². The van der Waals surface area contributed by atoms with Crippen molar-refractivity contribution < 1.29 is 0 Å². The fraction of sp³-hybridized carbons (Fsp3) is 0.417. The summed E-state index contributed by atoms with van der Waals surface area (Å²) in [6, 6.07) is 7.84. The van der Waals surface area contributed by atoms with Crippen LogP contribution in [0, 0.1) is 11.3 Å². The van der Waals surface area contributed by atoms with Crippen molar-refractivity contribution in [1.82, 2.24) is 5.32 Å². The van der Waals surface area contributed by atoms with Gasteiger partial charge in [0.2, 0.25) is 0 Å². The Balaban J connectivity index is 2.99. The number of halogens is 1. The summed E-state index contributed by atoms with van der Waals surface area (Å²) in [5, 5.41) is 12.1. The van der Waals surface area contributed by atoms with Gasteiger partial charge in [-0.1, -0.05) is 15.9 Å². The Bertz CT molecular complexity index is 391. The van der Waals surface area contributed by atoms with Gasteiger partial charge < -0.3 is 5.32 Å². The normalized spacial score (nSPS) is 11.1. The van der Waals surface area contributed by atoms with E-state index in [4.69, 9.17) is 5.26 Å². The Morgan fingerprint density at radius 3 is 2.67 bits per heavy atom. The molecule has 0 heterocycles. The zero-order valence-corrected chi connectivity index (χ0v) is 10.9. The second kappa shape index (κ2) is 4.78. The lowest BCUT2D eigenvalue weighted by Crippen LogP contribution is -2.38. The fourth-order valence-corrected chi connectivity index (χ4v) is 1.73. The maximum absolute atomic E-state index is 8.83. The van der Waals surface area contributed by atoms with E-state index < -0.39 is 0 Å². The number of hydrogen-bond donors (Lipinski definition) is 1. The molecule has 0 aliphatic rings. The number of likely N-dealkylation sites (N-methyl/N-ethyl adjacent to an activating group) is 1. The molecule has 3 heteroatoms. The van der Waals surface area contributed by atoms with Gasteiger partial charge in [0.15, 0.2) is 0 Å². The van der Waals surface area contributed by atoms with Crippen molar-refractivity contribution in [2.45, 2.75) is 25.8 Å². The standard InChI is InChI=1S/C12H15BrN2/c1-12(2,15-3)7-10-6-9(8-14)4-5-11(10)13/h4-6,15H,7H2,1-3H3. The number of nitriles is 1. The summed E-state index contributed by atoms with van der Waals surface area (Å²) in [4.78, 5) is 0. The van der Waals surface area contributed by atoms with Gasteiger partial charge in [0.05, 0.1) is 11.6 Å². The van der Waals surface area contributed by atoms with Crippen molar-refractivity contribution in [3.63, 3.8) is 0 Å². The zero-order valence-electron chi connectivity index (χ0n) is 9.26. The average molecular weight is 267 g/mol. The predicted octanol–water partition coefficient (Wildman–Crippen LogP) is 2.86. The summed E-state index contributed by atoms with van der Waals surface area (Å²) in [6.07, 6.45) is 0.888. The highest BCUT2D eigenvalue weighted by atomic mass is 79.9. The summed E-state index contributed by atoms with van der Waals surface area (Å²) < 4.78 is 1.06. The third kappa shape index (κ3) is 3.33. The zero-order chi connectivity index (χ0) is 11.5. The van der Waals surface area contributed by atoms with Crippen LogP contribution in [0.2, 0.25) is 0 Å². The molecule has 2 nitrogen and oxygen atoms in total. The smallest absolute Gasteiger partial charge is 0.0991 e. The number of benzene rings is 1. The van der Waals surface area contributed by atoms with Gasteiger partial charge in [-0.2, -0.15) is 5.26 Å².